The van der Waals surface area contributed by atoms with E-state index in [9.17, 15) is 13.5 Å². The summed E-state index contributed by atoms with van der Waals surface area (Å²) in [6.07, 6.45) is 0.167. The molecule has 0 fully saturated rings. The molecule has 15 heteroatoms. The lowest BCUT2D eigenvalue weighted by Crippen LogP contribution is -2.08. The van der Waals surface area contributed by atoms with Crippen molar-refractivity contribution in [1.29, 1.82) is 0 Å². The van der Waals surface area contributed by atoms with Crippen molar-refractivity contribution in [1.82, 2.24) is 0 Å². The Morgan fingerprint density at radius 1 is 0.556 bits per heavy atom. The molecule has 0 radical (unpaired) electrons. The quantitative estimate of drug-likeness (QED) is 0.0515. The lowest BCUT2D eigenvalue weighted by molar-refractivity contribution is 0.319. The van der Waals surface area contributed by atoms with Crippen molar-refractivity contribution in [3.05, 3.63) is 145 Å². The second-order valence-corrected chi connectivity index (χ2v) is 16.0. The van der Waals surface area contributed by atoms with Crippen LogP contribution in [0.3, 0.4) is 0 Å². The Labute approximate surface area is 363 Å². The minimum absolute atomic E-state index is 0.0124. The van der Waals surface area contributed by atoms with Crippen LogP contribution in [0.15, 0.2) is 170 Å². The summed E-state index contributed by atoms with van der Waals surface area (Å²) >= 11 is 0. The van der Waals surface area contributed by atoms with Crippen LogP contribution in [0.2, 0.25) is 0 Å². The molecule has 0 unspecified atom stereocenters. The number of aryl methyl sites for hydroxylation is 1. The summed E-state index contributed by atoms with van der Waals surface area (Å²) in [6.45, 7) is 2.04. The van der Waals surface area contributed by atoms with Gasteiger partial charge in [-0.15, -0.1) is 20.5 Å². The lowest BCUT2D eigenvalue weighted by Gasteiger charge is -2.10. The molecule has 316 valence electrons. The zero-order chi connectivity index (χ0) is 43.9. The molecule has 0 bridgehead atoms. The number of ether oxygens (including phenoxy) is 3. The van der Waals surface area contributed by atoms with Gasteiger partial charge in [-0.25, -0.2) is 0 Å². The Balaban J connectivity index is 0.974. The van der Waals surface area contributed by atoms with Crippen LogP contribution in [0.25, 0.3) is 32.3 Å². The van der Waals surface area contributed by atoms with Gasteiger partial charge in [0, 0.05) is 39.0 Å². The van der Waals surface area contributed by atoms with Crippen molar-refractivity contribution in [2.45, 2.75) is 13.3 Å². The van der Waals surface area contributed by atoms with E-state index in [1.807, 2.05) is 134 Å². The van der Waals surface area contributed by atoms with Gasteiger partial charge in [0.15, 0.2) is 5.75 Å². The highest BCUT2D eigenvalue weighted by Crippen LogP contribution is 2.41. The fourth-order valence-electron chi connectivity index (χ4n) is 6.93. The number of nitrogens with zero attached hydrogens (tertiary/aromatic N) is 6. The number of fused-ring (bicyclic) bond motifs is 3. The molecule has 0 spiro atoms. The molecule has 63 heavy (non-hydrogen) atoms. The number of aromatic hydroxyl groups is 1. The highest BCUT2D eigenvalue weighted by Gasteiger charge is 2.13. The average Bonchev–Trinajstić information content (AvgIpc) is 3.29. The number of hydrogen-bond acceptors (Lipinski definition) is 13. The third kappa shape index (κ3) is 9.91. The van der Waals surface area contributed by atoms with Gasteiger partial charge in [-0.05, 0) is 121 Å². The summed E-state index contributed by atoms with van der Waals surface area (Å²) in [5, 5.41) is 46.6. The van der Waals surface area contributed by atoms with Crippen molar-refractivity contribution in [2.24, 2.45) is 30.7 Å². The summed E-state index contributed by atoms with van der Waals surface area (Å²) in [5.41, 5.74) is 5.83. The minimum Gasteiger partial charge on any atom is -0.505 e. The summed E-state index contributed by atoms with van der Waals surface area (Å²) < 4.78 is 47.8. The number of anilines is 2. The van der Waals surface area contributed by atoms with Crippen molar-refractivity contribution in [2.75, 3.05) is 31.9 Å². The van der Waals surface area contributed by atoms with E-state index in [0.29, 0.717) is 51.0 Å². The second kappa shape index (κ2) is 18.5. The van der Waals surface area contributed by atoms with Crippen LogP contribution < -0.4 is 19.5 Å². The number of methoxy groups -OCH3 is 2. The molecule has 8 aromatic carbocycles. The van der Waals surface area contributed by atoms with Gasteiger partial charge in [0.25, 0.3) is 10.1 Å². The largest absolute Gasteiger partial charge is 0.505 e. The standard InChI is InChI=1S/C48H41N7O7S/c1-30-26-45(55-53-43-21-12-32-27-34(15-20-38(32)48(43)56)49-33-13-17-36(60-2)18-14-33)47(61-3)29-44(30)54-52-42-23-22-41(39-9-4-5-10-40(39)42)51-50-35-16-19-37-31(28-35)8-6-11-46(37)62-24-7-25-63(57,58)59/h4-6,8-23,26-29,49,56H,7,24-25H2,1-3H3,(H,57,58,59). The predicted octanol–water partition coefficient (Wildman–Crippen LogP) is 13.8. The van der Waals surface area contributed by atoms with Gasteiger partial charge in [0.05, 0.1) is 49.3 Å². The number of rotatable bonds is 15. The molecule has 0 amide bonds. The van der Waals surface area contributed by atoms with Crippen molar-refractivity contribution in [3.63, 3.8) is 0 Å². The smallest absolute Gasteiger partial charge is 0.264 e. The van der Waals surface area contributed by atoms with Gasteiger partial charge in [-0.2, -0.15) is 18.6 Å². The van der Waals surface area contributed by atoms with Crippen LogP contribution in [-0.2, 0) is 10.1 Å². The zero-order valence-electron chi connectivity index (χ0n) is 34.4. The van der Waals surface area contributed by atoms with Crippen molar-refractivity contribution >= 4 is 87.9 Å². The molecule has 0 saturated heterocycles. The first-order valence-electron chi connectivity index (χ1n) is 19.8. The van der Waals surface area contributed by atoms with Crippen molar-refractivity contribution < 1.29 is 32.3 Å². The van der Waals surface area contributed by atoms with E-state index in [0.717, 1.165) is 49.6 Å². The van der Waals surface area contributed by atoms with Gasteiger partial charge in [-0.1, -0.05) is 42.5 Å². The highest BCUT2D eigenvalue weighted by atomic mass is 32.2. The van der Waals surface area contributed by atoms with E-state index in [1.165, 1.54) is 0 Å². The maximum absolute atomic E-state index is 11.2. The number of benzene rings is 8. The summed E-state index contributed by atoms with van der Waals surface area (Å²) in [4.78, 5) is 0. The van der Waals surface area contributed by atoms with E-state index in [4.69, 9.17) is 18.8 Å². The molecule has 0 aromatic heterocycles. The number of phenols is 1. The molecule has 0 saturated carbocycles. The van der Waals surface area contributed by atoms with Gasteiger partial charge >= 0.3 is 0 Å². The monoisotopic (exact) mass is 859 g/mol. The number of azo groups is 3. The van der Waals surface area contributed by atoms with Crippen molar-refractivity contribution in [3.8, 4) is 23.0 Å². The normalized spacial score (nSPS) is 12.0. The van der Waals surface area contributed by atoms with Crippen LogP contribution in [0.4, 0.5) is 45.5 Å². The lowest BCUT2D eigenvalue weighted by atomic mass is 10.1. The summed E-state index contributed by atoms with van der Waals surface area (Å²) in [5.74, 6) is 1.45. The van der Waals surface area contributed by atoms with Crippen LogP contribution in [-0.4, -0.2) is 44.7 Å². The Kier molecular flexibility index (Phi) is 12.3. The molecular formula is C48H41N7O7S. The fraction of sp³-hybridized carbons (Fsp3) is 0.125. The Bertz CT molecular complexity index is 3190. The van der Waals surface area contributed by atoms with Crippen LogP contribution in [0.5, 0.6) is 23.0 Å². The summed E-state index contributed by atoms with van der Waals surface area (Å²) in [7, 11) is -0.871. The van der Waals surface area contributed by atoms with Gasteiger partial charge in [-0.3, -0.25) is 4.55 Å². The maximum atomic E-state index is 11.2. The molecule has 0 heterocycles. The van der Waals surface area contributed by atoms with Gasteiger partial charge < -0.3 is 24.6 Å². The SMILES string of the molecule is COc1ccc(Nc2ccc3c(O)c(N=Nc4cc(C)c(N=Nc5ccc(N=Nc6ccc7c(OCCCS(=O)(=O)O)cccc7c6)c6ccccc56)cc4OC)ccc3c2)cc1. The molecule has 0 aliphatic carbocycles. The first kappa shape index (κ1) is 42.0. The van der Waals surface area contributed by atoms with E-state index >= 15 is 0 Å². The number of phenolic OH excluding ortho intramolecular Hbond substituents is 1. The molecular weight excluding hydrogens is 819 g/mol. The highest BCUT2D eigenvalue weighted by molar-refractivity contribution is 7.85. The molecule has 8 rings (SSSR count). The Hall–Kier alpha value is -7.75. The minimum atomic E-state index is -4.04. The first-order chi connectivity index (χ1) is 30.5. The first-order valence-corrected chi connectivity index (χ1v) is 21.4. The third-order valence-electron chi connectivity index (χ3n) is 10.2. The van der Waals surface area contributed by atoms with Gasteiger partial charge in [0.2, 0.25) is 0 Å². The Morgan fingerprint density at radius 2 is 1.21 bits per heavy atom. The molecule has 0 aliphatic rings. The van der Waals surface area contributed by atoms with E-state index in [-0.39, 0.29) is 24.5 Å². The predicted molar refractivity (Wildman–Crippen MR) is 247 cm³/mol. The summed E-state index contributed by atoms with van der Waals surface area (Å²) in [6, 6.07) is 43.1. The van der Waals surface area contributed by atoms with Gasteiger partial charge in [0.1, 0.15) is 28.6 Å². The maximum Gasteiger partial charge on any atom is 0.264 e. The molecule has 3 N–H and O–H groups in total. The third-order valence-corrected chi connectivity index (χ3v) is 11.0. The molecule has 8 aromatic rings. The van der Waals surface area contributed by atoms with Crippen LogP contribution in [0.1, 0.15) is 12.0 Å². The zero-order valence-corrected chi connectivity index (χ0v) is 35.2. The van der Waals surface area contributed by atoms with Crippen LogP contribution >= 0.6 is 0 Å². The van der Waals surface area contributed by atoms with E-state index in [2.05, 4.69) is 36.0 Å². The molecule has 0 aliphatic heterocycles. The van der Waals surface area contributed by atoms with Crippen LogP contribution in [0, 0.1) is 6.92 Å². The second-order valence-electron chi connectivity index (χ2n) is 14.4. The average molecular weight is 860 g/mol. The molecule has 14 nitrogen and oxygen atoms in total. The van der Waals surface area contributed by atoms with E-state index in [1.54, 1.807) is 26.4 Å². The number of hydrogen-bond donors (Lipinski definition) is 3. The topological polar surface area (TPSA) is 188 Å². The Morgan fingerprint density at radius 3 is 1.94 bits per heavy atom. The number of nitrogens with one attached hydrogen (secondary N) is 1. The van der Waals surface area contributed by atoms with E-state index < -0.39 is 10.1 Å². The fourth-order valence-corrected chi connectivity index (χ4v) is 7.42. The molecule has 0 atom stereocenters.